The normalized spacial score (nSPS) is 15.0. The lowest BCUT2D eigenvalue weighted by Gasteiger charge is -2.23. The molecule has 1 aliphatic rings. The minimum Gasteiger partial charge on any atom is -0.353 e. The van der Waals surface area contributed by atoms with Crippen LogP contribution in [-0.4, -0.2) is 38.4 Å². The highest BCUT2D eigenvalue weighted by atomic mass is 35.5. The van der Waals surface area contributed by atoms with Gasteiger partial charge in [0.25, 0.3) is 5.91 Å². The van der Waals surface area contributed by atoms with Crippen LogP contribution in [0.2, 0.25) is 5.02 Å². The number of nitrogens with one attached hydrogen (secondary N) is 2. The van der Waals surface area contributed by atoms with Crippen molar-refractivity contribution in [2.45, 2.75) is 63.3 Å². The largest absolute Gasteiger partial charge is 0.353 e. The van der Waals surface area contributed by atoms with Gasteiger partial charge in [-0.15, -0.1) is 16.8 Å². The Balaban J connectivity index is 1.74. The van der Waals surface area contributed by atoms with E-state index in [2.05, 4.69) is 27.4 Å². The van der Waals surface area contributed by atoms with Gasteiger partial charge in [-0.05, 0) is 30.9 Å². The number of rotatable bonds is 10. The van der Waals surface area contributed by atoms with Crippen LogP contribution >= 0.6 is 23.4 Å². The molecule has 2 amide bonds. The highest BCUT2D eigenvalue weighted by Crippen LogP contribution is 2.26. The standard InChI is InChI=1S/C23H30ClN5O2S/c1-4-13-29-21(20(15(2)3)26-22(31)17-11-7-8-12-18(17)24)27-28-23(29)32-14-19(30)25-16-9-5-6-10-16/h4,7-8,11-12,15-16,20H,1,5-6,9-10,13-14H2,2-3H3,(H,25,30)(H,26,31)/t20-/m1/s1. The monoisotopic (exact) mass is 475 g/mol. The highest BCUT2D eigenvalue weighted by molar-refractivity contribution is 7.99. The fraction of sp³-hybridized carbons (Fsp3) is 0.478. The summed E-state index contributed by atoms with van der Waals surface area (Å²) in [4.78, 5) is 25.2. The van der Waals surface area contributed by atoms with Gasteiger partial charge in [0.1, 0.15) is 0 Å². The fourth-order valence-corrected chi connectivity index (χ4v) is 4.79. The Morgan fingerprint density at radius 2 is 2.00 bits per heavy atom. The number of benzene rings is 1. The second-order valence-corrected chi connectivity index (χ2v) is 9.60. The van der Waals surface area contributed by atoms with Crippen molar-refractivity contribution >= 4 is 35.2 Å². The smallest absolute Gasteiger partial charge is 0.253 e. The lowest BCUT2D eigenvalue weighted by atomic mass is 10.0. The molecule has 1 fully saturated rings. The molecule has 1 aromatic heterocycles. The van der Waals surface area contributed by atoms with E-state index in [4.69, 9.17) is 11.6 Å². The first-order valence-corrected chi connectivity index (χ1v) is 12.3. The van der Waals surface area contributed by atoms with Crippen LogP contribution in [0.4, 0.5) is 0 Å². The summed E-state index contributed by atoms with van der Waals surface area (Å²) in [5, 5.41) is 15.8. The Hall–Kier alpha value is -2.32. The number of amides is 2. The van der Waals surface area contributed by atoms with Crippen molar-refractivity contribution in [3.8, 4) is 0 Å². The van der Waals surface area contributed by atoms with Crippen LogP contribution in [0, 0.1) is 5.92 Å². The van der Waals surface area contributed by atoms with Crippen LogP contribution in [0.15, 0.2) is 42.1 Å². The summed E-state index contributed by atoms with van der Waals surface area (Å²) in [7, 11) is 0. The molecule has 1 aliphatic carbocycles. The lowest BCUT2D eigenvalue weighted by molar-refractivity contribution is -0.119. The molecular weight excluding hydrogens is 446 g/mol. The molecule has 2 aromatic rings. The third kappa shape index (κ3) is 6.13. The van der Waals surface area contributed by atoms with Crippen LogP contribution in [0.5, 0.6) is 0 Å². The molecule has 0 bridgehead atoms. The summed E-state index contributed by atoms with van der Waals surface area (Å²) in [6, 6.07) is 6.84. The molecule has 0 spiro atoms. The summed E-state index contributed by atoms with van der Waals surface area (Å²) < 4.78 is 1.90. The predicted molar refractivity (Wildman–Crippen MR) is 128 cm³/mol. The molecule has 7 nitrogen and oxygen atoms in total. The average molecular weight is 476 g/mol. The molecule has 9 heteroatoms. The van der Waals surface area contributed by atoms with Crippen molar-refractivity contribution in [1.29, 1.82) is 0 Å². The third-order valence-corrected chi connectivity index (χ3v) is 6.76. The molecule has 0 aliphatic heterocycles. The quantitative estimate of drug-likeness (QED) is 0.393. The third-order valence-electron chi connectivity index (χ3n) is 5.46. The summed E-state index contributed by atoms with van der Waals surface area (Å²) in [5.41, 5.74) is 0.410. The topological polar surface area (TPSA) is 88.9 Å². The number of thioether (sulfide) groups is 1. The number of aromatic nitrogens is 3. The van der Waals surface area contributed by atoms with Crippen molar-refractivity contribution in [3.63, 3.8) is 0 Å². The Labute approximate surface area is 198 Å². The van der Waals surface area contributed by atoms with E-state index in [0.717, 1.165) is 12.8 Å². The second-order valence-electron chi connectivity index (χ2n) is 8.25. The van der Waals surface area contributed by atoms with E-state index in [1.54, 1.807) is 30.3 Å². The molecule has 1 aromatic carbocycles. The zero-order valence-corrected chi connectivity index (χ0v) is 20.1. The highest BCUT2D eigenvalue weighted by Gasteiger charge is 2.27. The van der Waals surface area contributed by atoms with Crippen molar-refractivity contribution < 1.29 is 9.59 Å². The number of carbonyl (C=O) groups excluding carboxylic acids is 2. The maximum absolute atomic E-state index is 12.9. The van der Waals surface area contributed by atoms with E-state index in [9.17, 15) is 9.59 Å². The van der Waals surface area contributed by atoms with Gasteiger partial charge in [-0.3, -0.25) is 9.59 Å². The fourth-order valence-electron chi connectivity index (χ4n) is 3.80. The zero-order chi connectivity index (χ0) is 23.1. The van der Waals surface area contributed by atoms with Crippen molar-refractivity contribution in [2.24, 2.45) is 5.92 Å². The molecule has 172 valence electrons. The Kier molecular flexibility index (Phi) is 8.75. The molecule has 1 heterocycles. The van der Waals surface area contributed by atoms with Gasteiger partial charge >= 0.3 is 0 Å². The van der Waals surface area contributed by atoms with E-state index >= 15 is 0 Å². The lowest BCUT2D eigenvalue weighted by Crippen LogP contribution is -2.34. The molecular formula is C23H30ClN5O2S. The predicted octanol–water partition coefficient (Wildman–Crippen LogP) is 4.40. The van der Waals surface area contributed by atoms with E-state index in [1.807, 2.05) is 18.4 Å². The molecule has 1 atom stereocenters. The van der Waals surface area contributed by atoms with E-state index in [-0.39, 0.29) is 35.6 Å². The maximum atomic E-state index is 12.9. The number of carbonyl (C=O) groups is 2. The van der Waals surface area contributed by atoms with Gasteiger partial charge in [0, 0.05) is 12.6 Å². The molecule has 0 radical (unpaired) electrons. The van der Waals surface area contributed by atoms with Gasteiger partial charge in [0.05, 0.1) is 22.4 Å². The van der Waals surface area contributed by atoms with Gasteiger partial charge in [0.2, 0.25) is 5.91 Å². The van der Waals surface area contributed by atoms with Crippen LogP contribution in [0.25, 0.3) is 0 Å². The first-order chi connectivity index (χ1) is 15.4. The van der Waals surface area contributed by atoms with Gasteiger partial charge in [0.15, 0.2) is 11.0 Å². The van der Waals surface area contributed by atoms with Crippen molar-refractivity contribution in [2.75, 3.05) is 5.75 Å². The molecule has 3 rings (SSSR count). The molecule has 32 heavy (non-hydrogen) atoms. The SMILES string of the molecule is C=CCn1c(SCC(=O)NC2CCCC2)nnc1[C@H](NC(=O)c1ccccc1Cl)C(C)C. The summed E-state index contributed by atoms with van der Waals surface area (Å²) >= 11 is 7.54. The number of allylic oxidation sites excluding steroid dienone is 1. The van der Waals surface area contributed by atoms with Gasteiger partial charge in [-0.1, -0.05) is 68.3 Å². The Morgan fingerprint density at radius 3 is 2.66 bits per heavy atom. The molecule has 2 N–H and O–H groups in total. The van der Waals surface area contributed by atoms with E-state index < -0.39 is 0 Å². The molecule has 0 unspecified atom stereocenters. The molecule has 0 saturated heterocycles. The first kappa shape index (κ1) is 24.3. The summed E-state index contributed by atoms with van der Waals surface area (Å²) in [6.45, 7) is 8.32. The maximum Gasteiger partial charge on any atom is 0.253 e. The molecule has 1 saturated carbocycles. The van der Waals surface area contributed by atoms with E-state index in [1.165, 1.54) is 24.6 Å². The van der Waals surface area contributed by atoms with Crippen molar-refractivity contribution in [3.05, 3.63) is 53.3 Å². The average Bonchev–Trinajstić information content (AvgIpc) is 3.41. The zero-order valence-electron chi connectivity index (χ0n) is 18.5. The van der Waals surface area contributed by atoms with E-state index in [0.29, 0.717) is 28.1 Å². The van der Waals surface area contributed by atoms with Crippen LogP contribution in [0.1, 0.15) is 61.8 Å². The van der Waals surface area contributed by atoms with Crippen LogP contribution in [0.3, 0.4) is 0 Å². The van der Waals surface area contributed by atoms with Gasteiger partial charge in [-0.25, -0.2) is 0 Å². The van der Waals surface area contributed by atoms with Crippen LogP contribution < -0.4 is 10.6 Å². The first-order valence-electron chi connectivity index (χ1n) is 10.9. The number of hydrogen-bond acceptors (Lipinski definition) is 5. The number of hydrogen-bond donors (Lipinski definition) is 2. The number of halogens is 1. The Morgan fingerprint density at radius 1 is 1.28 bits per heavy atom. The minimum absolute atomic E-state index is 0.00374. The second kappa shape index (κ2) is 11.5. The Bertz CT molecular complexity index is 956. The van der Waals surface area contributed by atoms with Crippen LogP contribution in [-0.2, 0) is 11.3 Å². The summed E-state index contributed by atoms with van der Waals surface area (Å²) in [6.07, 6.45) is 6.20. The van der Waals surface area contributed by atoms with Crippen molar-refractivity contribution in [1.82, 2.24) is 25.4 Å². The summed E-state index contributed by atoms with van der Waals surface area (Å²) in [5.74, 6) is 0.678. The minimum atomic E-state index is -0.382. The van der Waals surface area contributed by atoms with Gasteiger partial charge in [-0.2, -0.15) is 0 Å². The number of nitrogens with zero attached hydrogens (tertiary/aromatic N) is 3. The van der Waals surface area contributed by atoms with Gasteiger partial charge < -0.3 is 15.2 Å².